The Balaban J connectivity index is 2.34. The van der Waals surface area contributed by atoms with E-state index < -0.39 is 0 Å². The predicted molar refractivity (Wildman–Crippen MR) is 39.9 cm³/mol. The van der Waals surface area contributed by atoms with Crippen molar-refractivity contribution >= 4 is 6.29 Å². The summed E-state index contributed by atoms with van der Waals surface area (Å²) in [5, 5.41) is 6.27. The van der Waals surface area contributed by atoms with Crippen LogP contribution in [-0.2, 0) is 4.79 Å². The molecule has 0 unspecified atom stereocenters. The van der Waals surface area contributed by atoms with Crippen molar-refractivity contribution in [3.63, 3.8) is 0 Å². The van der Waals surface area contributed by atoms with Crippen molar-refractivity contribution in [2.75, 3.05) is 26.7 Å². The molecule has 0 aromatic rings. The van der Waals surface area contributed by atoms with Crippen LogP contribution in [0.15, 0.2) is 0 Å². The SMILES string of the molecule is CNCC1(CC=O)CNC1. The van der Waals surface area contributed by atoms with E-state index in [0.717, 1.165) is 25.9 Å². The summed E-state index contributed by atoms with van der Waals surface area (Å²) in [5.41, 5.74) is 0.233. The van der Waals surface area contributed by atoms with Gasteiger partial charge in [0.05, 0.1) is 0 Å². The number of aldehydes is 1. The highest BCUT2D eigenvalue weighted by Gasteiger charge is 2.35. The van der Waals surface area contributed by atoms with Gasteiger partial charge in [-0.3, -0.25) is 0 Å². The third-order valence-electron chi connectivity index (χ3n) is 2.07. The van der Waals surface area contributed by atoms with Crippen LogP contribution in [0, 0.1) is 5.41 Å². The summed E-state index contributed by atoms with van der Waals surface area (Å²) in [4.78, 5) is 10.2. The Morgan fingerprint density at radius 3 is 2.70 bits per heavy atom. The molecule has 2 N–H and O–H groups in total. The summed E-state index contributed by atoms with van der Waals surface area (Å²) in [5.74, 6) is 0. The molecule has 0 aromatic carbocycles. The van der Waals surface area contributed by atoms with E-state index in [-0.39, 0.29) is 5.41 Å². The van der Waals surface area contributed by atoms with Gasteiger partial charge >= 0.3 is 0 Å². The number of hydrogen-bond acceptors (Lipinski definition) is 3. The minimum Gasteiger partial charge on any atom is -0.319 e. The first-order chi connectivity index (χ1) is 4.83. The molecule has 1 aliphatic rings. The van der Waals surface area contributed by atoms with Crippen molar-refractivity contribution in [3.8, 4) is 0 Å². The second-order valence-electron chi connectivity index (χ2n) is 3.00. The van der Waals surface area contributed by atoms with Crippen LogP contribution in [0.5, 0.6) is 0 Å². The highest BCUT2D eigenvalue weighted by Crippen LogP contribution is 2.24. The monoisotopic (exact) mass is 142 g/mol. The highest BCUT2D eigenvalue weighted by molar-refractivity contribution is 5.51. The van der Waals surface area contributed by atoms with Crippen molar-refractivity contribution in [2.45, 2.75) is 6.42 Å². The van der Waals surface area contributed by atoms with E-state index in [1.54, 1.807) is 0 Å². The molecule has 0 amide bonds. The Kier molecular flexibility index (Phi) is 2.40. The lowest BCUT2D eigenvalue weighted by atomic mass is 9.79. The zero-order valence-electron chi connectivity index (χ0n) is 6.31. The van der Waals surface area contributed by atoms with E-state index in [0.29, 0.717) is 6.42 Å². The summed E-state index contributed by atoms with van der Waals surface area (Å²) < 4.78 is 0. The van der Waals surface area contributed by atoms with Crippen molar-refractivity contribution in [3.05, 3.63) is 0 Å². The first-order valence-electron chi connectivity index (χ1n) is 3.62. The molecule has 0 aromatic heterocycles. The minimum absolute atomic E-state index is 0.233. The lowest BCUT2D eigenvalue weighted by Crippen LogP contribution is -2.58. The van der Waals surface area contributed by atoms with E-state index in [2.05, 4.69) is 10.6 Å². The van der Waals surface area contributed by atoms with Crippen LogP contribution < -0.4 is 10.6 Å². The molecule has 1 fully saturated rings. The van der Waals surface area contributed by atoms with Crippen LogP contribution in [-0.4, -0.2) is 33.0 Å². The molecule has 0 spiro atoms. The normalized spacial score (nSPS) is 21.7. The third-order valence-corrected chi connectivity index (χ3v) is 2.07. The number of hydrogen-bond donors (Lipinski definition) is 2. The molecule has 0 saturated carbocycles. The summed E-state index contributed by atoms with van der Waals surface area (Å²) in [7, 11) is 1.92. The summed E-state index contributed by atoms with van der Waals surface area (Å²) >= 11 is 0. The molecule has 1 aliphatic heterocycles. The Morgan fingerprint density at radius 1 is 1.70 bits per heavy atom. The average molecular weight is 142 g/mol. The Labute approximate surface area is 61.2 Å². The zero-order valence-corrected chi connectivity index (χ0v) is 6.31. The second kappa shape index (κ2) is 3.12. The van der Waals surface area contributed by atoms with Crippen LogP contribution >= 0.6 is 0 Å². The third kappa shape index (κ3) is 1.36. The Hall–Kier alpha value is -0.410. The zero-order chi connectivity index (χ0) is 7.45. The van der Waals surface area contributed by atoms with E-state index in [1.165, 1.54) is 0 Å². The minimum atomic E-state index is 0.233. The average Bonchev–Trinajstić information content (AvgIpc) is 1.84. The predicted octanol–water partition coefficient (Wildman–Crippen LogP) is -0.616. The van der Waals surface area contributed by atoms with Crippen LogP contribution in [0.1, 0.15) is 6.42 Å². The Morgan fingerprint density at radius 2 is 2.40 bits per heavy atom. The van der Waals surface area contributed by atoms with Crippen LogP contribution in [0.4, 0.5) is 0 Å². The second-order valence-corrected chi connectivity index (χ2v) is 3.00. The van der Waals surface area contributed by atoms with E-state index in [9.17, 15) is 4.79 Å². The van der Waals surface area contributed by atoms with Crippen molar-refractivity contribution < 1.29 is 4.79 Å². The molecule has 3 nitrogen and oxygen atoms in total. The number of carbonyl (C=O) groups is 1. The van der Waals surface area contributed by atoms with Crippen molar-refractivity contribution in [1.82, 2.24) is 10.6 Å². The van der Waals surface area contributed by atoms with Crippen molar-refractivity contribution in [1.29, 1.82) is 0 Å². The maximum absolute atomic E-state index is 10.2. The number of carbonyl (C=O) groups excluding carboxylic acids is 1. The molecule has 1 saturated heterocycles. The smallest absolute Gasteiger partial charge is 0.120 e. The molecule has 0 bridgehead atoms. The number of nitrogens with one attached hydrogen (secondary N) is 2. The quantitative estimate of drug-likeness (QED) is 0.514. The summed E-state index contributed by atoms with van der Waals surface area (Å²) in [6.45, 7) is 2.90. The van der Waals surface area contributed by atoms with E-state index in [4.69, 9.17) is 0 Å². The van der Waals surface area contributed by atoms with E-state index >= 15 is 0 Å². The van der Waals surface area contributed by atoms with Gasteiger partial charge in [-0.05, 0) is 7.05 Å². The molecule has 0 radical (unpaired) electrons. The van der Waals surface area contributed by atoms with Gasteiger partial charge in [0.1, 0.15) is 6.29 Å². The Bertz CT molecular complexity index is 121. The van der Waals surface area contributed by atoms with Gasteiger partial charge < -0.3 is 15.4 Å². The maximum atomic E-state index is 10.2. The standard InChI is InChI=1S/C7H14N2O/c1-8-4-7(2-3-10)5-9-6-7/h3,8-9H,2,4-6H2,1H3. The fourth-order valence-electron chi connectivity index (χ4n) is 1.37. The largest absolute Gasteiger partial charge is 0.319 e. The molecule has 58 valence electrons. The summed E-state index contributed by atoms with van der Waals surface area (Å²) in [6, 6.07) is 0. The lowest BCUT2D eigenvalue weighted by Gasteiger charge is -2.41. The first-order valence-corrected chi connectivity index (χ1v) is 3.62. The van der Waals surface area contributed by atoms with Gasteiger partial charge in [-0.2, -0.15) is 0 Å². The molecule has 3 heteroatoms. The molecule has 10 heavy (non-hydrogen) atoms. The highest BCUT2D eigenvalue weighted by atomic mass is 16.1. The molecule has 0 atom stereocenters. The van der Waals surface area contributed by atoms with Gasteiger partial charge in [-0.15, -0.1) is 0 Å². The number of rotatable bonds is 4. The van der Waals surface area contributed by atoms with Gasteiger partial charge in [0, 0.05) is 31.5 Å². The van der Waals surface area contributed by atoms with Crippen molar-refractivity contribution in [2.24, 2.45) is 5.41 Å². The fourth-order valence-corrected chi connectivity index (χ4v) is 1.37. The van der Waals surface area contributed by atoms with Gasteiger partial charge in [-0.25, -0.2) is 0 Å². The molecule has 1 rings (SSSR count). The van der Waals surface area contributed by atoms with Gasteiger partial charge in [0.15, 0.2) is 0 Å². The molecule has 0 aliphatic carbocycles. The first kappa shape index (κ1) is 7.69. The van der Waals surface area contributed by atoms with E-state index in [1.807, 2.05) is 7.05 Å². The molecular weight excluding hydrogens is 128 g/mol. The van der Waals surface area contributed by atoms with Gasteiger partial charge in [0.2, 0.25) is 0 Å². The molecule has 1 heterocycles. The topological polar surface area (TPSA) is 41.1 Å². The van der Waals surface area contributed by atoms with Gasteiger partial charge in [0.25, 0.3) is 0 Å². The van der Waals surface area contributed by atoms with Crippen LogP contribution in [0.2, 0.25) is 0 Å². The van der Waals surface area contributed by atoms with Crippen LogP contribution in [0.3, 0.4) is 0 Å². The van der Waals surface area contributed by atoms with Crippen LogP contribution in [0.25, 0.3) is 0 Å². The fraction of sp³-hybridized carbons (Fsp3) is 0.857. The van der Waals surface area contributed by atoms with Gasteiger partial charge in [-0.1, -0.05) is 0 Å². The maximum Gasteiger partial charge on any atom is 0.120 e. The molecular formula is C7H14N2O. The summed E-state index contributed by atoms with van der Waals surface area (Å²) in [6.07, 6.45) is 1.69. The lowest BCUT2D eigenvalue weighted by molar-refractivity contribution is -0.110.